The van der Waals surface area contributed by atoms with Crippen LogP contribution in [0.3, 0.4) is 0 Å². The normalized spacial score (nSPS) is 18.3. The molecule has 1 unspecified atom stereocenters. The minimum atomic E-state index is -0.980. The van der Waals surface area contributed by atoms with Crippen molar-refractivity contribution in [3.05, 3.63) is 92.3 Å². The van der Waals surface area contributed by atoms with E-state index in [4.69, 9.17) is 39.2 Å². The second kappa shape index (κ2) is 7.84. The van der Waals surface area contributed by atoms with Gasteiger partial charge in [0.1, 0.15) is 23.3 Å². The number of hydrogen-bond donors (Lipinski definition) is 1. The molecule has 1 N–H and O–H groups in total. The highest BCUT2D eigenvalue weighted by Gasteiger charge is 2.48. The summed E-state index contributed by atoms with van der Waals surface area (Å²) >= 11 is 18.1. The molecule has 152 valence electrons. The van der Waals surface area contributed by atoms with Crippen LogP contribution in [0.25, 0.3) is 5.76 Å². The second-order valence-electron chi connectivity index (χ2n) is 6.73. The highest BCUT2D eigenvalue weighted by molar-refractivity contribution is 6.52. The maximum absolute atomic E-state index is 13.0. The van der Waals surface area contributed by atoms with Gasteiger partial charge in [0.25, 0.3) is 11.7 Å². The van der Waals surface area contributed by atoms with Crippen molar-refractivity contribution in [3.8, 4) is 0 Å². The first-order valence-corrected chi connectivity index (χ1v) is 9.99. The van der Waals surface area contributed by atoms with E-state index in [0.717, 1.165) is 0 Å². The molecule has 1 fully saturated rings. The number of hydrogen-bond acceptors (Lipinski definition) is 4. The van der Waals surface area contributed by atoms with Gasteiger partial charge in [0.2, 0.25) is 0 Å². The van der Waals surface area contributed by atoms with E-state index in [0.29, 0.717) is 27.3 Å². The van der Waals surface area contributed by atoms with Crippen LogP contribution in [-0.4, -0.2) is 16.8 Å². The summed E-state index contributed by atoms with van der Waals surface area (Å²) in [4.78, 5) is 27.2. The Morgan fingerprint density at radius 2 is 1.77 bits per heavy atom. The predicted molar refractivity (Wildman–Crippen MR) is 116 cm³/mol. The fraction of sp³-hybridized carbons (Fsp3) is 0.0909. The van der Waals surface area contributed by atoms with Crippen LogP contribution in [0.4, 0.5) is 5.69 Å². The van der Waals surface area contributed by atoms with E-state index >= 15 is 0 Å². The summed E-state index contributed by atoms with van der Waals surface area (Å²) in [5.41, 5.74) is 0.534. The molecule has 8 heteroatoms. The number of nitrogens with zero attached hydrogens (tertiary/aromatic N) is 1. The Morgan fingerprint density at radius 3 is 2.40 bits per heavy atom. The Hall–Kier alpha value is -2.73. The summed E-state index contributed by atoms with van der Waals surface area (Å²) in [6, 6.07) is 13.4. The largest absolute Gasteiger partial charge is 0.507 e. The molecule has 2 aromatic carbocycles. The average molecular weight is 463 g/mol. The third-order valence-electron chi connectivity index (χ3n) is 4.75. The smallest absolute Gasteiger partial charge is 0.300 e. The number of aryl methyl sites for hydroxylation is 1. The molecule has 30 heavy (non-hydrogen) atoms. The molecule has 0 aliphatic carbocycles. The molecular formula is C22H14Cl3NO4. The molecule has 0 saturated carbocycles. The monoisotopic (exact) mass is 461 g/mol. The van der Waals surface area contributed by atoms with Crippen LogP contribution in [0, 0.1) is 6.92 Å². The number of aliphatic hydroxyl groups is 1. The first-order chi connectivity index (χ1) is 14.3. The molecule has 1 amide bonds. The molecule has 0 bridgehead atoms. The van der Waals surface area contributed by atoms with Crippen molar-refractivity contribution in [1.29, 1.82) is 0 Å². The van der Waals surface area contributed by atoms with Crippen LogP contribution in [0.2, 0.25) is 15.1 Å². The van der Waals surface area contributed by atoms with Crippen LogP contribution in [0.15, 0.2) is 64.6 Å². The molecule has 1 aromatic heterocycles. The van der Waals surface area contributed by atoms with E-state index in [1.807, 2.05) is 0 Å². The molecule has 0 spiro atoms. The minimum Gasteiger partial charge on any atom is -0.507 e. The number of anilines is 1. The lowest BCUT2D eigenvalue weighted by Crippen LogP contribution is -2.29. The van der Waals surface area contributed by atoms with Crippen LogP contribution in [0.1, 0.15) is 23.1 Å². The fourth-order valence-corrected chi connectivity index (χ4v) is 3.88. The van der Waals surface area contributed by atoms with Crippen molar-refractivity contribution in [2.75, 3.05) is 4.90 Å². The van der Waals surface area contributed by atoms with Crippen molar-refractivity contribution >= 4 is 57.9 Å². The predicted octanol–water partition coefficient (Wildman–Crippen LogP) is 6.17. The summed E-state index contributed by atoms with van der Waals surface area (Å²) in [7, 11) is 0. The van der Waals surface area contributed by atoms with Crippen molar-refractivity contribution < 1.29 is 19.1 Å². The molecule has 3 aromatic rings. The Balaban J connectivity index is 1.95. The number of halogens is 3. The van der Waals surface area contributed by atoms with Gasteiger partial charge in [-0.25, -0.2) is 0 Å². The molecule has 1 aliphatic heterocycles. The van der Waals surface area contributed by atoms with Gasteiger partial charge in [0.15, 0.2) is 0 Å². The molecular weight excluding hydrogens is 449 g/mol. The van der Waals surface area contributed by atoms with Crippen LogP contribution in [0.5, 0.6) is 0 Å². The number of carbonyl (C=O) groups excluding carboxylic acids is 2. The maximum atomic E-state index is 13.0. The summed E-state index contributed by atoms with van der Waals surface area (Å²) in [5, 5.41) is 11.9. The molecule has 5 nitrogen and oxygen atoms in total. The van der Waals surface area contributed by atoms with E-state index in [1.165, 1.54) is 23.1 Å². The second-order valence-corrected chi connectivity index (χ2v) is 7.98. The van der Waals surface area contributed by atoms with E-state index in [2.05, 4.69) is 0 Å². The zero-order chi connectivity index (χ0) is 21.6. The van der Waals surface area contributed by atoms with Gasteiger partial charge in [-0.15, -0.1) is 0 Å². The average Bonchev–Trinajstić information content (AvgIpc) is 3.25. The van der Waals surface area contributed by atoms with Gasteiger partial charge in [0, 0.05) is 16.3 Å². The van der Waals surface area contributed by atoms with Crippen molar-refractivity contribution in [2.45, 2.75) is 13.0 Å². The SMILES string of the molecule is Cc1ccc(C2/C(=C(/O)c3ccc(Cl)c(Cl)c3)C(=O)C(=O)N2c2cccc(Cl)c2)o1. The number of amides is 1. The zero-order valence-electron chi connectivity index (χ0n) is 15.5. The molecule has 2 heterocycles. The Bertz CT molecular complexity index is 1210. The summed E-state index contributed by atoms with van der Waals surface area (Å²) in [6.45, 7) is 1.74. The quantitative estimate of drug-likeness (QED) is 0.287. The Kier molecular flexibility index (Phi) is 5.36. The highest BCUT2D eigenvalue weighted by atomic mass is 35.5. The third kappa shape index (κ3) is 3.49. The lowest BCUT2D eigenvalue weighted by atomic mass is 9.99. The molecule has 1 atom stereocenters. The van der Waals surface area contributed by atoms with Gasteiger partial charge in [-0.3, -0.25) is 14.5 Å². The van der Waals surface area contributed by atoms with E-state index in [9.17, 15) is 14.7 Å². The lowest BCUT2D eigenvalue weighted by Gasteiger charge is -2.23. The van der Waals surface area contributed by atoms with Crippen molar-refractivity contribution in [1.82, 2.24) is 0 Å². The van der Waals surface area contributed by atoms with Crippen molar-refractivity contribution in [2.24, 2.45) is 0 Å². The topological polar surface area (TPSA) is 70.8 Å². The standard InChI is InChI=1S/C22H14Cl3NO4/c1-11-5-8-17(30-11)19-18(20(27)12-6-7-15(24)16(25)9-12)21(28)22(29)26(19)14-4-2-3-13(23)10-14/h2-10,19,27H,1H3/b20-18-. The summed E-state index contributed by atoms with van der Waals surface area (Å²) in [6.07, 6.45) is 0. The van der Waals surface area contributed by atoms with Crippen LogP contribution in [-0.2, 0) is 9.59 Å². The summed E-state index contributed by atoms with van der Waals surface area (Å²) < 4.78 is 5.73. The Morgan fingerprint density at radius 1 is 1.00 bits per heavy atom. The fourth-order valence-electron chi connectivity index (χ4n) is 3.39. The number of aliphatic hydroxyl groups excluding tert-OH is 1. The molecule has 4 rings (SSSR count). The molecule has 1 aliphatic rings. The molecule has 0 radical (unpaired) electrons. The van der Waals surface area contributed by atoms with Crippen LogP contribution >= 0.6 is 34.8 Å². The van der Waals surface area contributed by atoms with Gasteiger partial charge in [-0.1, -0.05) is 40.9 Å². The van der Waals surface area contributed by atoms with Crippen LogP contribution < -0.4 is 4.90 Å². The van der Waals surface area contributed by atoms with E-state index in [1.54, 1.807) is 43.3 Å². The number of furan rings is 1. The lowest BCUT2D eigenvalue weighted by molar-refractivity contribution is -0.132. The van der Waals surface area contributed by atoms with Gasteiger partial charge in [0.05, 0.1) is 15.6 Å². The van der Waals surface area contributed by atoms with Crippen molar-refractivity contribution in [3.63, 3.8) is 0 Å². The van der Waals surface area contributed by atoms with Gasteiger partial charge >= 0.3 is 0 Å². The van der Waals surface area contributed by atoms with E-state index < -0.39 is 17.7 Å². The number of carbonyl (C=O) groups is 2. The number of Topliss-reactive ketones (excluding diaryl/α,β-unsaturated/α-hetero) is 1. The third-order valence-corrected chi connectivity index (χ3v) is 5.73. The first kappa shape index (κ1) is 20.5. The number of benzene rings is 2. The highest BCUT2D eigenvalue weighted by Crippen LogP contribution is 2.43. The zero-order valence-corrected chi connectivity index (χ0v) is 17.8. The number of ketones is 1. The van der Waals surface area contributed by atoms with Gasteiger partial charge in [-0.05, 0) is 55.5 Å². The van der Waals surface area contributed by atoms with Gasteiger partial charge < -0.3 is 9.52 Å². The summed E-state index contributed by atoms with van der Waals surface area (Å²) in [5.74, 6) is -1.12. The molecule has 1 saturated heterocycles. The first-order valence-electron chi connectivity index (χ1n) is 8.86. The minimum absolute atomic E-state index is 0.118. The maximum Gasteiger partial charge on any atom is 0.300 e. The van der Waals surface area contributed by atoms with E-state index in [-0.39, 0.29) is 21.9 Å². The van der Waals surface area contributed by atoms with Gasteiger partial charge in [-0.2, -0.15) is 0 Å². The number of rotatable bonds is 3. The Labute approximate surface area is 187 Å².